The molecule has 0 radical (unpaired) electrons. The molecule has 89 heavy (non-hydrogen) atoms. The van der Waals surface area contributed by atoms with Gasteiger partial charge in [0, 0.05) is 35.4 Å². The van der Waals surface area contributed by atoms with Gasteiger partial charge in [0.2, 0.25) is 0 Å². The summed E-state index contributed by atoms with van der Waals surface area (Å²) in [6, 6.07) is 45.9. The third-order valence-corrected chi connectivity index (χ3v) is 11.7. The van der Waals surface area contributed by atoms with Gasteiger partial charge in [0.25, 0.3) is 0 Å². The molecule has 0 spiro atoms. The van der Waals surface area contributed by atoms with Crippen LogP contribution in [0.15, 0.2) is 170 Å². The Balaban J connectivity index is 0.000000565. The van der Waals surface area contributed by atoms with Crippen LogP contribution in [0.5, 0.6) is 69.0 Å². The number of aromatic hydroxyl groups is 4. The van der Waals surface area contributed by atoms with Crippen molar-refractivity contribution in [2.75, 3.05) is 56.9 Å². The molecule has 456 valence electrons. The van der Waals surface area contributed by atoms with E-state index in [4.69, 9.17) is 48.1 Å². The van der Waals surface area contributed by atoms with E-state index in [0.29, 0.717) is 67.9 Å². The minimum absolute atomic E-state index is 0. The second-order valence-electron chi connectivity index (χ2n) is 17.7. The number of methoxy groups -OCH3 is 8. The van der Waals surface area contributed by atoms with E-state index in [0.717, 1.165) is 28.9 Å². The van der Waals surface area contributed by atoms with Gasteiger partial charge in [-0.1, -0.05) is 60.7 Å². The molecule has 7 N–H and O–H groups in total. The summed E-state index contributed by atoms with van der Waals surface area (Å²) in [4.78, 5) is 43.5. The molecule has 0 amide bonds. The maximum atomic E-state index is 11.5. The third-order valence-electron chi connectivity index (χ3n) is 11.7. The van der Waals surface area contributed by atoms with Crippen molar-refractivity contribution in [1.82, 2.24) is 0 Å². The third kappa shape index (κ3) is 27.5. The van der Waals surface area contributed by atoms with E-state index in [9.17, 15) is 44.7 Å². The number of carboxylic acids is 3. The summed E-state index contributed by atoms with van der Waals surface area (Å²) in [5.74, 6) is 2.31. The van der Waals surface area contributed by atoms with Gasteiger partial charge in [0.05, 0.1) is 74.8 Å². The van der Waals surface area contributed by atoms with E-state index in [1.807, 2.05) is 42.5 Å². The van der Waals surface area contributed by atoms with Crippen LogP contribution in [0, 0.1) is 0 Å². The molecule has 0 aliphatic rings. The van der Waals surface area contributed by atoms with Crippen molar-refractivity contribution in [2.24, 2.45) is 0 Å². The minimum atomic E-state index is -1.31. The molecule has 0 unspecified atom stereocenters. The first-order valence-electron chi connectivity index (χ1n) is 25.6. The Labute approximate surface area is 559 Å². The number of hydrogen-bond acceptors (Lipinski definition) is 18. The van der Waals surface area contributed by atoms with E-state index in [-0.39, 0.29) is 105 Å². The average molecular weight is 1240 g/mol. The Morgan fingerprint density at radius 1 is 0.382 bits per heavy atom. The summed E-state index contributed by atoms with van der Waals surface area (Å²) in [7, 11) is 12.4. The molecule has 0 fully saturated rings. The first-order chi connectivity index (χ1) is 41.2. The molecule has 0 aliphatic carbocycles. The van der Waals surface area contributed by atoms with Crippen molar-refractivity contribution >= 4 is 59.6 Å². The maximum Gasteiger partial charge on any atom is 1.00 e. The van der Waals surface area contributed by atoms with Crippen LogP contribution in [0.4, 0.5) is 0 Å². The second kappa shape index (κ2) is 40.9. The van der Waals surface area contributed by atoms with Crippen molar-refractivity contribution in [2.45, 2.75) is 6.42 Å². The SMILES string of the molecule is COc1cc(/C=C(/C(=O)O)c2ccc(O)cc2)cc(OC)c1.COc1cc(/C=C(/C(=O)[O-])c2ccc(O)cc2)cc(OC)c1.COc1cc(/C=C\c2ccc(O)cc2)cc(OC)c1.COc1cc(C=O)cc(OC)c1.O=C(O)Cc1ccc(O)cc1.[Na+].[Na+].[OH-]. The molecule has 0 bridgehead atoms. The fourth-order valence-electron chi connectivity index (χ4n) is 7.36. The number of carbonyl (C=O) groups excluding carboxylic acids is 2. The van der Waals surface area contributed by atoms with Crippen molar-refractivity contribution < 1.29 is 157 Å². The summed E-state index contributed by atoms with van der Waals surface area (Å²) in [6.07, 6.45) is 7.68. The van der Waals surface area contributed by atoms with Crippen molar-refractivity contribution in [3.63, 3.8) is 0 Å². The van der Waals surface area contributed by atoms with Gasteiger partial charge in [-0.05, 0) is 148 Å². The zero-order valence-electron chi connectivity index (χ0n) is 50.7. The number of rotatable bonds is 19. The fraction of sp³-hybridized carbons (Fsp3) is 0.134. The molecular weight excluding hydrogens is 1170 g/mol. The van der Waals surface area contributed by atoms with E-state index in [1.54, 1.807) is 119 Å². The number of aldehydes is 1. The van der Waals surface area contributed by atoms with E-state index in [1.165, 1.54) is 89.1 Å². The Bertz CT molecular complexity index is 3370. The van der Waals surface area contributed by atoms with Gasteiger partial charge in [-0.15, -0.1) is 0 Å². The zero-order valence-corrected chi connectivity index (χ0v) is 54.7. The van der Waals surface area contributed by atoms with Crippen LogP contribution in [-0.2, 0) is 20.8 Å². The summed E-state index contributed by atoms with van der Waals surface area (Å²) < 4.78 is 41.0. The van der Waals surface area contributed by atoms with Crippen molar-refractivity contribution in [3.8, 4) is 69.0 Å². The van der Waals surface area contributed by atoms with Gasteiger partial charge < -0.3 is 83.9 Å². The summed E-state index contributed by atoms with van der Waals surface area (Å²) in [5, 5.41) is 65.8. The molecule has 0 saturated carbocycles. The largest absolute Gasteiger partial charge is 1.00 e. The van der Waals surface area contributed by atoms with E-state index >= 15 is 0 Å². The molecule has 8 aromatic carbocycles. The van der Waals surface area contributed by atoms with Gasteiger partial charge in [-0.25, -0.2) is 4.79 Å². The summed E-state index contributed by atoms with van der Waals surface area (Å²) >= 11 is 0. The van der Waals surface area contributed by atoms with Crippen LogP contribution in [0.3, 0.4) is 0 Å². The van der Waals surface area contributed by atoms with Crippen LogP contribution < -0.4 is 102 Å². The molecule has 0 heterocycles. The molecule has 0 aliphatic heterocycles. The predicted molar refractivity (Wildman–Crippen MR) is 327 cm³/mol. The van der Waals surface area contributed by atoms with Gasteiger partial charge in [-0.2, -0.15) is 0 Å². The molecule has 0 saturated heterocycles. The number of hydrogen-bond donors (Lipinski definition) is 6. The normalized spacial score (nSPS) is 10.2. The zero-order chi connectivity index (χ0) is 63.1. The van der Waals surface area contributed by atoms with Gasteiger partial charge in [0.15, 0.2) is 0 Å². The van der Waals surface area contributed by atoms with E-state index < -0.39 is 17.9 Å². The molecule has 8 rings (SSSR count). The monoisotopic (exact) mass is 1240 g/mol. The Morgan fingerprint density at radius 3 is 0.944 bits per heavy atom. The van der Waals surface area contributed by atoms with Crippen LogP contribution >= 0.6 is 0 Å². The Kier molecular flexibility index (Phi) is 35.7. The van der Waals surface area contributed by atoms with Crippen molar-refractivity contribution in [1.29, 1.82) is 0 Å². The van der Waals surface area contributed by atoms with Gasteiger partial charge >= 0.3 is 71.1 Å². The first-order valence-corrected chi connectivity index (χ1v) is 25.6. The molecular formula is C67H66Na2O20. The predicted octanol–water partition coefficient (Wildman–Crippen LogP) is 4.68. The molecule has 20 nitrogen and oxygen atoms in total. The number of ether oxygens (including phenoxy) is 8. The topological polar surface area (TPSA) is 317 Å². The van der Waals surface area contributed by atoms with E-state index in [2.05, 4.69) is 0 Å². The first kappa shape index (κ1) is 77.6. The van der Waals surface area contributed by atoms with Gasteiger partial charge in [0.1, 0.15) is 75.3 Å². The molecule has 22 heteroatoms. The van der Waals surface area contributed by atoms with Crippen LogP contribution in [-0.4, -0.2) is 117 Å². The minimum Gasteiger partial charge on any atom is -0.870 e. The number of carbonyl (C=O) groups is 4. The van der Waals surface area contributed by atoms with Crippen LogP contribution in [0.25, 0.3) is 35.5 Å². The van der Waals surface area contributed by atoms with Gasteiger partial charge in [-0.3, -0.25) is 9.59 Å². The number of phenols is 4. The number of phenolic OH excluding ortho intramolecular Hbond substituents is 4. The summed E-state index contributed by atoms with van der Waals surface area (Å²) in [5.41, 5.74) is 5.51. The number of benzene rings is 8. The Morgan fingerprint density at radius 2 is 0.652 bits per heavy atom. The molecule has 0 atom stereocenters. The Hall–Kier alpha value is -9.38. The smallest absolute Gasteiger partial charge is 0.870 e. The average Bonchev–Trinajstić information content (AvgIpc) is 3.63. The second-order valence-corrected chi connectivity index (χ2v) is 17.7. The molecule has 0 aromatic heterocycles. The van der Waals surface area contributed by atoms with Crippen LogP contribution in [0.1, 0.15) is 49.3 Å². The standard InChI is InChI=1S/2C17H16O5.C16H16O3.C9H10O3.C8H8O3.2Na.H2O/c2*1-21-14-7-11(8-15(10-14)22-2)9-16(17(19)20)12-3-5-13(18)6-4-12;1-18-15-9-13(10-16(11-15)19-2)4-3-12-5-7-14(17)8-6-12;1-11-8-3-7(6-10)4-9(5-8)12-2;9-7-3-1-6(2-4-7)5-8(10)11;;;/h2*3-10,18H,1-2H3,(H,19,20);3-11,17H,1-2H3;3-6H,1-2H3;1-4,9H,5H2,(H,10,11);;;1H2/q;;;;;2*+1;/p-2/b2*16-9+;4-3-;;;;;. The number of aliphatic carboxylic acids is 3. The van der Waals surface area contributed by atoms with Crippen molar-refractivity contribution in [3.05, 3.63) is 214 Å². The number of carboxylic acid groups (broad SMARTS) is 3. The van der Waals surface area contributed by atoms with Crippen LogP contribution in [0.2, 0.25) is 0 Å². The fourth-order valence-corrected chi connectivity index (χ4v) is 7.36. The molecule has 8 aromatic rings. The summed E-state index contributed by atoms with van der Waals surface area (Å²) in [6.45, 7) is 0. The quantitative estimate of drug-likeness (QED) is 0.0277. The maximum absolute atomic E-state index is 11.5.